The second kappa shape index (κ2) is 5.25. The Balaban J connectivity index is 1.77. The van der Waals surface area contributed by atoms with Gasteiger partial charge < -0.3 is 10.2 Å². The van der Waals surface area contributed by atoms with Gasteiger partial charge in [-0.05, 0) is 51.0 Å². The van der Waals surface area contributed by atoms with Crippen molar-refractivity contribution in [2.24, 2.45) is 5.92 Å². The SMILES string of the molecule is CN1CCC(CNc2ccc(F)cn2)CC1. The highest BCUT2D eigenvalue weighted by molar-refractivity contribution is 5.33. The molecule has 4 heteroatoms. The van der Waals surface area contributed by atoms with E-state index in [0.717, 1.165) is 12.4 Å². The summed E-state index contributed by atoms with van der Waals surface area (Å²) in [6, 6.07) is 3.12. The second-order valence-corrected chi connectivity index (χ2v) is 4.49. The van der Waals surface area contributed by atoms with Crippen LogP contribution in [0, 0.1) is 11.7 Å². The van der Waals surface area contributed by atoms with Crippen molar-refractivity contribution in [3.63, 3.8) is 0 Å². The van der Waals surface area contributed by atoms with Crippen LogP contribution in [0.1, 0.15) is 12.8 Å². The first-order valence-corrected chi connectivity index (χ1v) is 5.78. The maximum atomic E-state index is 12.6. The Labute approximate surface area is 95.7 Å². The van der Waals surface area contributed by atoms with Crippen molar-refractivity contribution in [1.82, 2.24) is 9.88 Å². The third kappa shape index (κ3) is 3.17. The van der Waals surface area contributed by atoms with Crippen molar-refractivity contribution in [1.29, 1.82) is 0 Å². The third-order valence-electron chi connectivity index (χ3n) is 3.14. The number of nitrogens with zero attached hydrogens (tertiary/aromatic N) is 2. The van der Waals surface area contributed by atoms with Gasteiger partial charge in [-0.25, -0.2) is 9.37 Å². The van der Waals surface area contributed by atoms with E-state index in [1.807, 2.05) is 0 Å². The zero-order chi connectivity index (χ0) is 11.4. The lowest BCUT2D eigenvalue weighted by Crippen LogP contribution is -2.33. The van der Waals surface area contributed by atoms with Gasteiger partial charge in [-0.15, -0.1) is 0 Å². The normalized spacial score (nSPS) is 18.6. The highest BCUT2D eigenvalue weighted by Crippen LogP contribution is 2.16. The van der Waals surface area contributed by atoms with Gasteiger partial charge in [0.25, 0.3) is 0 Å². The van der Waals surface area contributed by atoms with Crippen LogP contribution in [-0.2, 0) is 0 Å². The van der Waals surface area contributed by atoms with Crippen LogP contribution in [-0.4, -0.2) is 36.6 Å². The van der Waals surface area contributed by atoms with Crippen LogP contribution in [0.2, 0.25) is 0 Å². The van der Waals surface area contributed by atoms with Gasteiger partial charge >= 0.3 is 0 Å². The molecule has 88 valence electrons. The first-order valence-electron chi connectivity index (χ1n) is 5.78. The number of piperidine rings is 1. The lowest BCUT2D eigenvalue weighted by atomic mass is 9.97. The minimum Gasteiger partial charge on any atom is -0.370 e. The molecule has 2 rings (SSSR count). The zero-order valence-corrected chi connectivity index (χ0v) is 9.62. The van der Waals surface area contributed by atoms with Gasteiger partial charge in [0.15, 0.2) is 0 Å². The number of likely N-dealkylation sites (tertiary alicyclic amines) is 1. The Hall–Kier alpha value is -1.16. The molecule has 0 spiro atoms. The summed E-state index contributed by atoms with van der Waals surface area (Å²) >= 11 is 0. The highest BCUT2D eigenvalue weighted by atomic mass is 19.1. The molecule has 1 saturated heterocycles. The average molecular weight is 223 g/mol. The molecule has 0 radical (unpaired) electrons. The lowest BCUT2D eigenvalue weighted by molar-refractivity contribution is 0.226. The van der Waals surface area contributed by atoms with Crippen LogP contribution in [0.5, 0.6) is 0 Å². The molecule has 0 saturated carbocycles. The molecule has 0 aromatic carbocycles. The van der Waals surface area contributed by atoms with E-state index in [-0.39, 0.29) is 5.82 Å². The summed E-state index contributed by atoms with van der Waals surface area (Å²) in [5.41, 5.74) is 0. The maximum Gasteiger partial charge on any atom is 0.141 e. The Morgan fingerprint density at radius 3 is 2.81 bits per heavy atom. The number of rotatable bonds is 3. The van der Waals surface area contributed by atoms with Gasteiger partial charge in [0.05, 0.1) is 6.20 Å². The van der Waals surface area contributed by atoms with E-state index in [4.69, 9.17) is 0 Å². The van der Waals surface area contributed by atoms with Crippen molar-refractivity contribution in [2.45, 2.75) is 12.8 Å². The molecule has 1 aromatic heterocycles. The molecule has 1 N–H and O–H groups in total. The van der Waals surface area contributed by atoms with E-state index in [9.17, 15) is 4.39 Å². The first-order chi connectivity index (χ1) is 7.74. The zero-order valence-electron chi connectivity index (χ0n) is 9.62. The smallest absolute Gasteiger partial charge is 0.141 e. The van der Waals surface area contributed by atoms with Crippen molar-refractivity contribution in [2.75, 3.05) is 32.0 Å². The van der Waals surface area contributed by atoms with E-state index in [2.05, 4.69) is 22.2 Å². The summed E-state index contributed by atoms with van der Waals surface area (Å²) in [5.74, 6) is 1.19. The predicted octanol–water partition coefficient (Wildman–Crippen LogP) is 1.97. The molecule has 0 amide bonds. The number of hydrogen-bond donors (Lipinski definition) is 1. The molecule has 3 nitrogen and oxygen atoms in total. The molecule has 0 aliphatic carbocycles. The fourth-order valence-corrected chi connectivity index (χ4v) is 2.00. The fraction of sp³-hybridized carbons (Fsp3) is 0.583. The first kappa shape index (κ1) is 11.3. The Kier molecular flexibility index (Phi) is 3.72. The molecular weight excluding hydrogens is 205 g/mol. The largest absolute Gasteiger partial charge is 0.370 e. The summed E-state index contributed by atoms with van der Waals surface area (Å²) in [4.78, 5) is 6.33. The second-order valence-electron chi connectivity index (χ2n) is 4.49. The predicted molar refractivity (Wildman–Crippen MR) is 62.9 cm³/mol. The summed E-state index contributed by atoms with van der Waals surface area (Å²) < 4.78 is 12.6. The van der Waals surface area contributed by atoms with Crippen molar-refractivity contribution in [3.8, 4) is 0 Å². The van der Waals surface area contributed by atoms with E-state index in [1.54, 1.807) is 6.07 Å². The number of pyridine rings is 1. The molecule has 1 aliphatic heterocycles. The highest BCUT2D eigenvalue weighted by Gasteiger charge is 2.16. The van der Waals surface area contributed by atoms with Gasteiger partial charge in [-0.2, -0.15) is 0 Å². The van der Waals surface area contributed by atoms with E-state index < -0.39 is 0 Å². The molecule has 2 heterocycles. The minimum atomic E-state index is -0.287. The van der Waals surface area contributed by atoms with E-state index >= 15 is 0 Å². The van der Waals surface area contributed by atoms with Crippen LogP contribution < -0.4 is 5.32 Å². The Morgan fingerprint density at radius 2 is 2.19 bits per heavy atom. The van der Waals surface area contributed by atoms with Crippen LogP contribution in [0.15, 0.2) is 18.3 Å². The number of anilines is 1. The van der Waals surface area contributed by atoms with Crippen molar-refractivity contribution in [3.05, 3.63) is 24.1 Å². The fourth-order valence-electron chi connectivity index (χ4n) is 2.00. The molecule has 1 aliphatic rings. The van der Waals surface area contributed by atoms with Gasteiger partial charge in [-0.3, -0.25) is 0 Å². The van der Waals surface area contributed by atoms with Gasteiger partial charge in [-0.1, -0.05) is 0 Å². The van der Waals surface area contributed by atoms with Crippen molar-refractivity contribution >= 4 is 5.82 Å². The summed E-state index contributed by atoms with van der Waals surface area (Å²) in [7, 11) is 2.16. The van der Waals surface area contributed by atoms with Crippen LogP contribution >= 0.6 is 0 Å². The maximum absolute atomic E-state index is 12.6. The van der Waals surface area contributed by atoms with Crippen LogP contribution in [0.3, 0.4) is 0 Å². The standard InChI is InChI=1S/C12H18FN3/c1-16-6-4-10(5-7-16)8-14-12-3-2-11(13)9-15-12/h2-3,9-10H,4-8H2,1H3,(H,14,15). The van der Waals surface area contributed by atoms with Crippen LogP contribution in [0.25, 0.3) is 0 Å². The third-order valence-corrected chi connectivity index (χ3v) is 3.14. The molecule has 1 aromatic rings. The summed E-state index contributed by atoms with van der Waals surface area (Å²) in [6.07, 6.45) is 3.70. The summed E-state index contributed by atoms with van der Waals surface area (Å²) in [5, 5.41) is 3.26. The number of nitrogens with one attached hydrogen (secondary N) is 1. The molecule has 0 atom stereocenters. The van der Waals surface area contributed by atoms with Gasteiger partial charge in [0.1, 0.15) is 11.6 Å². The lowest BCUT2D eigenvalue weighted by Gasteiger charge is -2.29. The summed E-state index contributed by atoms with van der Waals surface area (Å²) in [6.45, 7) is 3.28. The topological polar surface area (TPSA) is 28.2 Å². The number of hydrogen-bond acceptors (Lipinski definition) is 3. The quantitative estimate of drug-likeness (QED) is 0.849. The Morgan fingerprint density at radius 1 is 1.44 bits per heavy atom. The average Bonchev–Trinajstić information content (AvgIpc) is 2.30. The van der Waals surface area contributed by atoms with Gasteiger partial charge in [0.2, 0.25) is 0 Å². The monoisotopic (exact) mass is 223 g/mol. The van der Waals surface area contributed by atoms with Crippen LogP contribution in [0.4, 0.5) is 10.2 Å². The number of halogens is 1. The van der Waals surface area contributed by atoms with E-state index in [1.165, 1.54) is 38.2 Å². The Bertz CT molecular complexity index is 318. The molecular formula is C12H18FN3. The molecule has 16 heavy (non-hydrogen) atoms. The molecule has 0 bridgehead atoms. The molecule has 0 unspecified atom stereocenters. The van der Waals surface area contributed by atoms with Gasteiger partial charge in [0, 0.05) is 6.54 Å². The molecule has 1 fully saturated rings. The van der Waals surface area contributed by atoms with Crippen molar-refractivity contribution < 1.29 is 4.39 Å². The number of aromatic nitrogens is 1. The minimum absolute atomic E-state index is 0.287. The van der Waals surface area contributed by atoms with E-state index in [0.29, 0.717) is 5.92 Å².